The molecule has 4 rings (SSSR count). The quantitative estimate of drug-likeness (QED) is 0.469. The Morgan fingerprint density at radius 1 is 1.04 bits per heavy atom. The van der Waals surface area contributed by atoms with Gasteiger partial charge in [-0.05, 0) is 48.0 Å². The molecule has 138 valence electrons. The van der Waals surface area contributed by atoms with Crippen LogP contribution in [-0.4, -0.2) is 29.4 Å². The molecule has 0 radical (unpaired) electrons. The monoisotopic (exact) mass is 370 g/mol. The van der Waals surface area contributed by atoms with Crippen molar-refractivity contribution in [2.75, 3.05) is 7.11 Å². The molecule has 5 heteroatoms. The van der Waals surface area contributed by atoms with Gasteiger partial charge in [-0.1, -0.05) is 30.3 Å². The minimum absolute atomic E-state index is 0.237. The molecule has 0 amide bonds. The molecule has 28 heavy (non-hydrogen) atoms. The van der Waals surface area contributed by atoms with Gasteiger partial charge in [0.15, 0.2) is 0 Å². The highest BCUT2D eigenvalue weighted by Gasteiger charge is 2.12. The first-order valence-corrected chi connectivity index (χ1v) is 8.78. The van der Waals surface area contributed by atoms with E-state index in [4.69, 9.17) is 9.84 Å². The van der Waals surface area contributed by atoms with Gasteiger partial charge in [-0.3, -0.25) is 4.99 Å². The summed E-state index contributed by atoms with van der Waals surface area (Å²) in [4.78, 5) is 19.0. The summed E-state index contributed by atoms with van der Waals surface area (Å²) in [5, 5.41) is 10.0. The number of carboxylic acid groups (broad SMARTS) is 1. The average Bonchev–Trinajstić information content (AvgIpc) is 3.10. The predicted molar refractivity (Wildman–Crippen MR) is 111 cm³/mol. The number of carbonyl (C=O) groups is 1. The van der Waals surface area contributed by atoms with Crippen LogP contribution in [0.1, 0.15) is 15.9 Å². The lowest BCUT2D eigenvalue weighted by molar-refractivity contribution is 0.0697. The van der Waals surface area contributed by atoms with E-state index in [0.29, 0.717) is 5.69 Å². The van der Waals surface area contributed by atoms with Crippen LogP contribution >= 0.6 is 0 Å². The summed E-state index contributed by atoms with van der Waals surface area (Å²) in [7, 11) is 1.64. The van der Waals surface area contributed by atoms with Gasteiger partial charge >= 0.3 is 5.97 Å². The molecule has 1 aromatic heterocycles. The maximum Gasteiger partial charge on any atom is 0.335 e. The van der Waals surface area contributed by atoms with Crippen molar-refractivity contribution in [3.05, 3.63) is 83.9 Å². The Bertz CT molecular complexity index is 1160. The predicted octanol–water partition coefficient (Wildman–Crippen LogP) is 5.29. The summed E-state index contributed by atoms with van der Waals surface area (Å²) in [5.41, 5.74) is 4.88. The zero-order chi connectivity index (χ0) is 19.5. The third-order valence-electron chi connectivity index (χ3n) is 4.57. The number of aromatic carboxylic acids is 1. The number of H-pyrrole nitrogens is 1. The van der Waals surface area contributed by atoms with Crippen molar-refractivity contribution in [1.82, 2.24) is 4.98 Å². The van der Waals surface area contributed by atoms with Crippen molar-refractivity contribution in [3.8, 4) is 17.0 Å². The van der Waals surface area contributed by atoms with Gasteiger partial charge < -0.3 is 14.8 Å². The number of benzene rings is 3. The number of aliphatic imine (C=N–C) groups is 1. The average molecular weight is 370 g/mol. The Morgan fingerprint density at radius 2 is 1.79 bits per heavy atom. The first-order valence-electron chi connectivity index (χ1n) is 8.78. The van der Waals surface area contributed by atoms with Crippen LogP contribution in [0.4, 0.5) is 5.69 Å². The number of ether oxygens (including phenoxy) is 1. The molecule has 0 aliphatic heterocycles. The number of aromatic amines is 1. The summed E-state index contributed by atoms with van der Waals surface area (Å²) in [5.74, 6) is -0.183. The number of fused-ring (bicyclic) bond motifs is 1. The normalized spacial score (nSPS) is 11.2. The van der Waals surface area contributed by atoms with Crippen molar-refractivity contribution >= 4 is 28.8 Å². The second-order valence-corrected chi connectivity index (χ2v) is 6.30. The minimum Gasteiger partial charge on any atom is -0.497 e. The van der Waals surface area contributed by atoms with E-state index in [1.807, 2.05) is 48.5 Å². The van der Waals surface area contributed by atoms with Crippen LogP contribution in [-0.2, 0) is 0 Å². The summed E-state index contributed by atoms with van der Waals surface area (Å²) >= 11 is 0. The Hall–Kier alpha value is -3.86. The van der Waals surface area contributed by atoms with Gasteiger partial charge in [-0.25, -0.2) is 4.79 Å². The van der Waals surface area contributed by atoms with Gasteiger partial charge in [0.05, 0.1) is 24.1 Å². The molecule has 0 saturated heterocycles. The van der Waals surface area contributed by atoms with Gasteiger partial charge in [0.25, 0.3) is 0 Å². The lowest BCUT2D eigenvalue weighted by Gasteiger charge is -2.02. The van der Waals surface area contributed by atoms with Crippen molar-refractivity contribution in [2.24, 2.45) is 4.99 Å². The van der Waals surface area contributed by atoms with Crippen LogP contribution in [0.3, 0.4) is 0 Å². The number of carboxylic acids is 1. The number of nitrogens with zero attached hydrogens (tertiary/aromatic N) is 1. The molecule has 3 aromatic carbocycles. The Labute approximate surface area is 161 Å². The number of rotatable bonds is 5. The Kier molecular flexibility index (Phi) is 4.64. The molecule has 0 spiro atoms. The Morgan fingerprint density at radius 3 is 2.46 bits per heavy atom. The summed E-state index contributed by atoms with van der Waals surface area (Å²) < 4.78 is 5.38. The van der Waals surface area contributed by atoms with Crippen LogP contribution in [0, 0.1) is 0 Å². The number of aromatic nitrogens is 1. The van der Waals surface area contributed by atoms with Gasteiger partial charge in [0.1, 0.15) is 5.75 Å². The van der Waals surface area contributed by atoms with E-state index in [0.717, 1.165) is 33.5 Å². The van der Waals surface area contributed by atoms with Crippen molar-refractivity contribution in [2.45, 2.75) is 0 Å². The van der Waals surface area contributed by atoms with Gasteiger partial charge in [0.2, 0.25) is 0 Å². The topological polar surface area (TPSA) is 74.7 Å². The third-order valence-corrected chi connectivity index (χ3v) is 4.57. The molecule has 0 fully saturated rings. The molecule has 0 aliphatic rings. The first kappa shape index (κ1) is 17.5. The highest BCUT2D eigenvalue weighted by molar-refractivity contribution is 6.06. The third kappa shape index (κ3) is 3.38. The number of methoxy groups -OCH3 is 1. The summed E-state index contributed by atoms with van der Waals surface area (Å²) in [6.07, 6.45) is 1.80. The van der Waals surface area contributed by atoms with E-state index in [1.54, 1.807) is 37.6 Å². The van der Waals surface area contributed by atoms with Crippen LogP contribution in [0.25, 0.3) is 22.2 Å². The maximum absolute atomic E-state index is 11.0. The Balaban J connectivity index is 1.82. The fourth-order valence-electron chi connectivity index (χ4n) is 3.11. The lowest BCUT2D eigenvalue weighted by atomic mass is 10.1. The molecule has 0 unspecified atom stereocenters. The summed E-state index contributed by atoms with van der Waals surface area (Å²) in [6.45, 7) is 0. The fraction of sp³-hybridized carbons (Fsp3) is 0.0435. The summed E-state index contributed by atoms with van der Waals surface area (Å²) in [6, 6.07) is 22.4. The molecule has 4 aromatic rings. The number of hydrogen-bond donors (Lipinski definition) is 2. The molecule has 0 saturated carbocycles. The standard InChI is InChI=1S/C23H18N2O3/c1-28-18-11-12-21-19(13-18)20(22(25-21)15-5-3-2-4-6-15)14-24-17-9-7-16(8-10-17)23(26)27/h2-14,25H,1H3,(H,26,27). The minimum atomic E-state index is -0.953. The zero-order valence-corrected chi connectivity index (χ0v) is 15.2. The second-order valence-electron chi connectivity index (χ2n) is 6.30. The van der Waals surface area contributed by atoms with Gasteiger partial charge in [-0.2, -0.15) is 0 Å². The van der Waals surface area contributed by atoms with E-state index in [1.165, 1.54) is 0 Å². The van der Waals surface area contributed by atoms with Crippen LogP contribution in [0.2, 0.25) is 0 Å². The van der Waals surface area contributed by atoms with Crippen LogP contribution in [0.5, 0.6) is 5.75 Å². The smallest absolute Gasteiger partial charge is 0.335 e. The van der Waals surface area contributed by atoms with Crippen molar-refractivity contribution in [3.63, 3.8) is 0 Å². The van der Waals surface area contributed by atoms with Crippen LogP contribution < -0.4 is 4.74 Å². The highest BCUT2D eigenvalue weighted by Crippen LogP contribution is 2.32. The van der Waals surface area contributed by atoms with Gasteiger partial charge in [0, 0.05) is 22.7 Å². The van der Waals surface area contributed by atoms with E-state index in [9.17, 15) is 4.79 Å². The zero-order valence-electron chi connectivity index (χ0n) is 15.2. The number of nitrogens with one attached hydrogen (secondary N) is 1. The SMILES string of the molecule is COc1ccc2[nH]c(-c3ccccc3)c(C=Nc3ccc(C(=O)O)cc3)c2c1. The van der Waals surface area contributed by atoms with Gasteiger partial charge in [-0.15, -0.1) is 0 Å². The molecular weight excluding hydrogens is 352 g/mol. The van der Waals surface area contributed by atoms with E-state index in [-0.39, 0.29) is 5.56 Å². The fourth-order valence-corrected chi connectivity index (χ4v) is 3.11. The lowest BCUT2D eigenvalue weighted by Crippen LogP contribution is -1.94. The molecule has 5 nitrogen and oxygen atoms in total. The van der Waals surface area contributed by atoms with E-state index < -0.39 is 5.97 Å². The molecular formula is C23H18N2O3. The highest BCUT2D eigenvalue weighted by atomic mass is 16.5. The van der Waals surface area contributed by atoms with E-state index >= 15 is 0 Å². The van der Waals surface area contributed by atoms with Crippen LogP contribution in [0.15, 0.2) is 77.8 Å². The largest absolute Gasteiger partial charge is 0.497 e. The second kappa shape index (κ2) is 7.40. The maximum atomic E-state index is 11.0. The van der Waals surface area contributed by atoms with Crippen molar-refractivity contribution in [1.29, 1.82) is 0 Å². The molecule has 0 aliphatic carbocycles. The molecule has 0 bridgehead atoms. The first-order chi connectivity index (χ1) is 13.7. The number of hydrogen-bond acceptors (Lipinski definition) is 3. The molecule has 0 atom stereocenters. The van der Waals surface area contributed by atoms with Crippen molar-refractivity contribution < 1.29 is 14.6 Å². The molecule has 1 heterocycles. The van der Waals surface area contributed by atoms with E-state index in [2.05, 4.69) is 9.98 Å². The molecule has 2 N–H and O–H groups in total.